The van der Waals surface area contributed by atoms with Gasteiger partial charge in [0.25, 0.3) is 11.8 Å². The molecule has 2 amide bonds. The number of amides is 2. The molecule has 3 rings (SSSR count). The lowest BCUT2D eigenvalue weighted by atomic mass is 10.2. The molecule has 0 aliphatic carbocycles. The van der Waals surface area contributed by atoms with Gasteiger partial charge in [-0.1, -0.05) is 12.1 Å². The number of carbonyl (C=O) groups is 2. The highest BCUT2D eigenvalue weighted by atomic mass is 16.5. The molecule has 8 heteroatoms. The number of hydrogen-bond donors (Lipinski definition) is 2. The highest BCUT2D eigenvalue weighted by Crippen LogP contribution is 2.26. The first-order valence-corrected chi connectivity index (χ1v) is 9.94. The van der Waals surface area contributed by atoms with Gasteiger partial charge < -0.3 is 18.9 Å². The summed E-state index contributed by atoms with van der Waals surface area (Å²) in [5.74, 6) is 0.736. The Bertz CT molecular complexity index is 834. The van der Waals surface area contributed by atoms with E-state index in [2.05, 4.69) is 10.9 Å². The Balaban J connectivity index is 1.40. The lowest BCUT2D eigenvalue weighted by Crippen LogP contribution is -2.43. The zero-order chi connectivity index (χ0) is 21.2. The van der Waals surface area contributed by atoms with E-state index in [4.69, 9.17) is 18.9 Å². The fourth-order valence-corrected chi connectivity index (χ4v) is 2.89. The molecule has 0 saturated carbocycles. The van der Waals surface area contributed by atoms with E-state index < -0.39 is 11.8 Å². The van der Waals surface area contributed by atoms with Crippen LogP contribution in [0.5, 0.6) is 17.2 Å². The predicted molar refractivity (Wildman–Crippen MR) is 110 cm³/mol. The second kappa shape index (κ2) is 11.1. The van der Waals surface area contributed by atoms with E-state index in [1.54, 1.807) is 42.5 Å². The summed E-state index contributed by atoms with van der Waals surface area (Å²) in [5, 5.41) is 0. The van der Waals surface area contributed by atoms with Crippen LogP contribution >= 0.6 is 0 Å². The molecule has 1 fully saturated rings. The van der Waals surface area contributed by atoms with Gasteiger partial charge in [-0.2, -0.15) is 0 Å². The molecule has 1 saturated heterocycles. The van der Waals surface area contributed by atoms with Crippen LogP contribution in [0.3, 0.4) is 0 Å². The van der Waals surface area contributed by atoms with Gasteiger partial charge in [0.1, 0.15) is 12.4 Å². The average Bonchev–Trinajstić information content (AvgIpc) is 3.30. The highest BCUT2D eigenvalue weighted by molar-refractivity contribution is 5.95. The number of carbonyl (C=O) groups excluding carboxylic acids is 2. The monoisotopic (exact) mass is 414 g/mol. The molecule has 1 aliphatic heterocycles. The largest absolute Gasteiger partial charge is 0.491 e. The third kappa shape index (κ3) is 6.38. The molecule has 1 atom stereocenters. The Morgan fingerprint density at radius 1 is 1.00 bits per heavy atom. The fourth-order valence-electron chi connectivity index (χ4n) is 2.89. The molecule has 0 aromatic heterocycles. The van der Waals surface area contributed by atoms with Gasteiger partial charge in [0.15, 0.2) is 18.1 Å². The van der Waals surface area contributed by atoms with Crippen LogP contribution in [-0.4, -0.2) is 44.3 Å². The van der Waals surface area contributed by atoms with Crippen molar-refractivity contribution in [3.8, 4) is 17.2 Å². The summed E-state index contributed by atoms with van der Waals surface area (Å²) < 4.78 is 22.1. The van der Waals surface area contributed by atoms with Crippen molar-refractivity contribution in [3.05, 3.63) is 54.1 Å². The normalized spacial score (nSPS) is 15.3. The number of rotatable bonds is 9. The Labute approximate surface area is 175 Å². The lowest BCUT2D eigenvalue weighted by molar-refractivity contribution is -0.123. The van der Waals surface area contributed by atoms with Gasteiger partial charge in [-0.25, -0.2) is 0 Å². The number of para-hydroxylation sites is 2. The molecule has 1 heterocycles. The quantitative estimate of drug-likeness (QED) is 0.612. The Morgan fingerprint density at radius 3 is 2.40 bits per heavy atom. The van der Waals surface area contributed by atoms with Crippen molar-refractivity contribution in [1.29, 1.82) is 0 Å². The van der Waals surface area contributed by atoms with Gasteiger partial charge in [-0.15, -0.1) is 0 Å². The van der Waals surface area contributed by atoms with Gasteiger partial charge in [0.2, 0.25) is 0 Å². The Kier molecular flexibility index (Phi) is 7.91. The topological polar surface area (TPSA) is 95.1 Å². The molecule has 2 aromatic carbocycles. The highest BCUT2D eigenvalue weighted by Gasteiger charge is 2.16. The summed E-state index contributed by atoms with van der Waals surface area (Å²) in [7, 11) is 0. The maximum Gasteiger partial charge on any atom is 0.276 e. The number of hydrogen-bond acceptors (Lipinski definition) is 6. The van der Waals surface area contributed by atoms with Gasteiger partial charge in [-0.3, -0.25) is 20.4 Å². The van der Waals surface area contributed by atoms with E-state index in [-0.39, 0.29) is 12.7 Å². The molecule has 8 nitrogen and oxygen atoms in total. The molecule has 30 heavy (non-hydrogen) atoms. The van der Waals surface area contributed by atoms with Crippen molar-refractivity contribution in [2.24, 2.45) is 0 Å². The average molecular weight is 414 g/mol. The van der Waals surface area contributed by atoms with E-state index in [9.17, 15) is 9.59 Å². The molecule has 1 unspecified atom stereocenters. The first-order valence-electron chi connectivity index (χ1n) is 9.94. The van der Waals surface area contributed by atoms with E-state index in [0.717, 1.165) is 19.4 Å². The van der Waals surface area contributed by atoms with Crippen molar-refractivity contribution < 1.29 is 28.5 Å². The summed E-state index contributed by atoms with van der Waals surface area (Å²) in [4.78, 5) is 24.2. The third-order valence-corrected chi connectivity index (χ3v) is 4.40. The fraction of sp³-hybridized carbons (Fsp3) is 0.364. The molecular formula is C22H26N2O6. The van der Waals surface area contributed by atoms with E-state index >= 15 is 0 Å². The molecule has 160 valence electrons. The van der Waals surface area contributed by atoms with Gasteiger partial charge in [0, 0.05) is 12.2 Å². The van der Waals surface area contributed by atoms with E-state index in [1.165, 1.54) is 0 Å². The van der Waals surface area contributed by atoms with Crippen molar-refractivity contribution in [1.82, 2.24) is 10.9 Å². The number of hydrazine groups is 1. The van der Waals surface area contributed by atoms with E-state index in [1.807, 2.05) is 13.0 Å². The van der Waals surface area contributed by atoms with Gasteiger partial charge >= 0.3 is 0 Å². The Hall–Kier alpha value is -3.26. The summed E-state index contributed by atoms with van der Waals surface area (Å²) in [5.41, 5.74) is 5.08. The zero-order valence-corrected chi connectivity index (χ0v) is 16.9. The van der Waals surface area contributed by atoms with Crippen LogP contribution in [-0.2, 0) is 9.53 Å². The van der Waals surface area contributed by atoms with Gasteiger partial charge in [0.05, 0.1) is 12.7 Å². The molecule has 0 bridgehead atoms. The van der Waals surface area contributed by atoms with Crippen molar-refractivity contribution in [2.75, 3.05) is 26.4 Å². The maximum atomic E-state index is 12.2. The molecule has 0 spiro atoms. The van der Waals surface area contributed by atoms with Crippen molar-refractivity contribution >= 4 is 11.8 Å². The molecule has 2 aromatic rings. The smallest absolute Gasteiger partial charge is 0.276 e. The summed E-state index contributed by atoms with van der Waals surface area (Å²) in [6.07, 6.45) is 2.19. The van der Waals surface area contributed by atoms with Crippen LogP contribution in [0.2, 0.25) is 0 Å². The standard InChI is InChI=1S/C22H26N2O6/c1-2-27-19-7-3-4-8-20(19)30-15-21(25)23-24-22(26)16-9-11-17(12-10-16)29-14-18-6-5-13-28-18/h3-4,7-12,18H,2,5-6,13-15H2,1H3,(H,23,25)(H,24,26). The molecular weight excluding hydrogens is 388 g/mol. The predicted octanol–water partition coefficient (Wildman–Crippen LogP) is 2.48. The van der Waals surface area contributed by atoms with Crippen LogP contribution in [0, 0.1) is 0 Å². The minimum absolute atomic E-state index is 0.130. The zero-order valence-electron chi connectivity index (χ0n) is 16.9. The Morgan fingerprint density at radius 2 is 1.73 bits per heavy atom. The van der Waals surface area contributed by atoms with Crippen molar-refractivity contribution in [2.45, 2.75) is 25.9 Å². The van der Waals surface area contributed by atoms with Crippen molar-refractivity contribution in [3.63, 3.8) is 0 Å². The number of ether oxygens (including phenoxy) is 4. The second-order valence-corrected chi connectivity index (χ2v) is 6.64. The van der Waals surface area contributed by atoms with Gasteiger partial charge in [-0.05, 0) is 56.2 Å². The van der Waals surface area contributed by atoms with Crippen LogP contribution in [0.4, 0.5) is 0 Å². The van der Waals surface area contributed by atoms with Crippen LogP contribution in [0.15, 0.2) is 48.5 Å². The first-order chi connectivity index (χ1) is 14.7. The minimum atomic E-state index is -0.494. The number of nitrogens with one attached hydrogen (secondary N) is 2. The number of benzene rings is 2. The maximum absolute atomic E-state index is 12.2. The summed E-state index contributed by atoms with van der Waals surface area (Å²) in [6, 6.07) is 13.7. The lowest BCUT2D eigenvalue weighted by Gasteiger charge is -2.13. The van der Waals surface area contributed by atoms with Crippen LogP contribution < -0.4 is 25.1 Å². The van der Waals surface area contributed by atoms with Crippen LogP contribution in [0.25, 0.3) is 0 Å². The molecule has 1 aliphatic rings. The molecule has 2 N–H and O–H groups in total. The second-order valence-electron chi connectivity index (χ2n) is 6.64. The summed E-state index contributed by atoms with van der Waals surface area (Å²) in [6.45, 7) is 3.36. The first kappa shape index (κ1) is 21.4. The van der Waals surface area contributed by atoms with Crippen LogP contribution in [0.1, 0.15) is 30.1 Å². The minimum Gasteiger partial charge on any atom is -0.491 e. The third-order valence-electron chi connectivity index (χ3n) is 4.40. The molecule has 0 radical (unpaired) electrons. The summed E-state index contributed by atoms with van der Waals surface area (Å²) >= 11 is 0. The van der Waals surface area contributed by atoms with E-state index in [0.29, 0.717) is 36.0 Å². The SMILES string of the molecule is CCOc1ccccc1OCC(=O)NNC(=O)c1ccc(OCC2CCCO2)cc1.